The summed E-state index contributed by atoms with van der Waals surface area (Å²) in [5.41, 5.74) is 7.17. The molecule has 1 aromatic carbocycles. The first-order valence-corrected chi connectivity index (χ1v) is 12.4. The van der Waals surface area contributed by atoms with Crippen LogP contribution < -0.4 is 10.6 Å². The summed E-state index contributed by atoms with van der Waals surface area (Å²) in [7, 11) is 0. The Hall–Kier alpha value is -1.74. The third-order valence-electron chi connectivity index (χ3n) is 7.28. The summed E-state index contributed by atoms with van der Waals surface area (Å²) >= 11 is 0. The van der Waals surface area contributed by atoms with Crippen LogP contribution in [0.5, 0.6) is 0 Å². The molecule has 3 aliphatic rings. The molecular weight excluding hydrogens is 404 g/mol. The highest BCUT2D eigenvalue weighted by Gasteiger charge is 2.27. The quantitative estimate of drug-likeness (QED) is 0.550. The van der Waals surface area contributed by atoms with E-state index in [4.69, 9.17) is 5.73 Å². The van der Waals surface area contributed by atoms with Crippen LogP contribution in [-0.4, -0.2) is 97.2 Å². The predicted octanol–water partition coefficient (Wildman–Crippen LogP) is 2.63. The molecule has 1 aliphatic carbocycles. The van der Waals surface area contributed by atoms with E-state index in [1.165, 1.54) is 64.5 Å². The lowest BCUT2D eigenvalue weighted by Gasteiger charge is -2.41. The van der Waals surface area contributed by atoms with Gasteiger partial charge < -0.3 is 20.4 Å². The van der Waals surface area contributed by atoms with Crippen LogP contribution in [0.25, 0.3) is 0 Å². The normalized spacial score (nSPS) is 25.8. The average molecular weight is 447 g/mol. The second-order valence-corrected chi connectivity index (χ2v) is 9.25. The van der Waals surface area contributed by atoms with E-state index in [2.05, 4.69) is 33.4 Å². The van der Waals surface area contributed by atoms with Crippen LogP contribution in [0.1, 0.15) is 39.5 Å². The van der Waals surface area contributed by atoms with E-state index in [0.29, 0.717) is 6.04 Å². The van der Waals surface area contributed by atoms with Gasteiger partial charge in [0.25, 0.3) is 5.69 Å². The van der Waals surface area contributed by atoms with Gasteiger partial charge in [-0.25, -0.2) is 0 Å². The summed E-state index contributed by atoms with van der Waals surface area (Å²) in [6, 6.07) is 8.13. The first kappa shape index (κ1) is 24.9. The predicted molar refractivity (Wildman–Crippen MR) is 131 cm³/mol. The van der Waals surface area contributed by atoms with E-state index in [9.17, 15) is 10.1 Å². The number of non-ortho nitro benzene ring substituents is 1. The topological polar surface area (TPSA) is 82.1 Å². The molecule has 180 valence electrons. The van der Waals surface area contributed by atoms with Crippen molar-refractivity contribution in [3.05, 3.63) is 34.4 Å². The fraction of sp³-hybridized carbons (Fsp3) is 0.750. The molecule has 4 rings (SSSR count). The molecule has 0 radical (unpaired) electrons. The van der Waals surface area contributed by atoms with Crippen LogP contribution in [0, 0.1) is 10.1 Å². The zero-order valence-corrected chi connectivity index (χ0v) is 20.0. The Labute approximate surface area is 193 Å². The van der Waals surface area contributed by atoms with Crippen molar-refractivity contribution < 1.29 is 4.92 Å². The number of piperazine rings is 2. The van der Waals surface area contributed by atoms with Crippen molar-refractivity contribution in [2.75, 3.05) is 70.3 Å². The Kier molecular flexibility index (Phi) is 9.71. The molecule has 2 aliphatic heterocycles. The molecule has 2 N–H and O–H groups in total. The molecule has 2 unspecified atom stereocenters. The maximum atomic E-state index is 10.7. The first-order valence-electron chi connectivity index (χ1n) is 12.4. The molecule has 8 heteroatoms. The minimum Gasteiger partial charge on any atom is -0.369 e. The van der Waals surface area contributed by atoms with Gasteiger partial charge in [-0.1, -0.05) is 26.3 Å². The standard InChI is InChI=1S/C12H17N3O2.C12H25N3/c1-2-13-6-8-14(9-7-13)11-4-3-5-12(10-11)15(16)17;1-2-14-6-8-15(9-7-14)12-5-3-4-11(13)10-12/h3-5,10H,2,6-9H2,1H3;11-12H,2-10,13H2,1H3. The molecule has 0 aromatic heterocycles. The van der Waals surface area contributed by atoms with Gasteiger partial charge in [-0.15, -0.1) is 0 Å². The highest BCUT2D eigenvalue weighted by atomic mass is 16.6. The smallest absolute Gasteiger partial charge is 0.271 e. The summed E-state index contributed by atoms with van der Waals surface area (Å²) in [4.78, 5) is 20.2. The monoisotopic (exact) mass is 446 g/mol. The minimum absolute atomic E-state index is 0.167. The number of nitrogens with zero attached hydrogens (tertiary/aromatic N) is 5. The summed E-state index contributed by atoms with van der Waals surface area (Å²) < 4.78 is 0. The number of rotatable bonds is 5. The van der Waals surface area contributed by atoms with E-state index < -0.39 is 0 Å². The van der Waals surface area contributed by atoms with Gasteiger partial charge in [0.2, 0.25) is 0 Å². The maximum absolute atomic E-state index is 10.7. The average Bonchev–Trinajstić information content (AvgIpc) is 2.84. The molecule has 2 saturated heterocycles. The SMILES string of the molecule is CCN1CCN(C2CCCC(N)C2)CC1.CCN1CCN(c2cccc([N+](=O)[O-])c2)CC1. The Morgan fingerprint density at radius 2 is 1.59 bits per heavy atom. The van der Waals surface area contributed by atoms with Crippen LogP contribution in [0.2, 0.25) is 0 Å². The van der Waals surface area contributed by atoms with Gasteiger partial charge in [0.1, 0.15) is 0 Å². The van der Waals surface area contributed by atoms with Crippen molar-refractivity contribution in [1.29, 1.82) is 0 Å². The van der Waals surface area contributed by atoms with Crippen LogP contribution in [-0.2, 0) is 0 Å². The fourth-order valence-corrected chi connectivity index (χ4v) is 5.10. The largest absolute Gasteiger partial charge is 0.369 e. The Morgan fingerprint density at radius 3 is 2.16 bits per heavy atom. The fourth-order valence-electron chi connectivity index (χ4n) is 5.10. The van der Waals surface area contributed by atoms with E-state index in [0.717, 1.165) is 44.5 Å². The Morgan fingerprint density at radius 1 is 0.969 bits per heavy atom. The van der Waals surface area contributed by atoms with Crippen molar-refractivity contribution in [2.45, 2.75) is 51.6 Å². The van der Waals surface area contributed by atoms with Crippen molar-refractivity contribution >= 4 is 11.4 Å². The number of nitro groups is 1. The van der Waals surface area contributed by atoms with Gasteiger partial charge in [-0.2, -0.15) is 0 Å². The number of anilines is 1. The lowest BCUT2D eigenvalue weighted by atomic mass is 9.90. The molecule has 2 atom stereocenters. The summed E-state index contributed by atoms with van der Waals surface area (Å²) in [5, 5.41) is 10.7. The molecule has 0 amide bonds. The Bertz CT molecular complexity index is 701. The minimum atomic E-state index is -0.341. The number of nitro benzene ring substituents is 1. The zero-order valence-electron chi connectivity index (χ0n) is 20.0. The molecule has 1 saturated carbocycles. The van der Waals surface area contributed by atoms with E-state index >= 15 is 0 Å². The first-order chi connectivity index (χ1) is 15.5. The molecule has 8 nitrogen and oxygen atoms in total. The number of nitrogens with two attached hydrogens (primary N) is 1. The number of hydrogen-bond donors (Lipinski definition) is 1. The van der Waals surface area contributed by atoms with Gasteiger partial charge in [0.05, 0.1) is 4.92 Å². The van der Waals surface area contributed by atoms with Gasteiger partial charge >= 0.3 is 0 Å². The van der Waals surface area contributed by atoms with Crippen LogP contribution in [0.3, 0.4) is 0 Å². The second kappa shape index (κ2) is 12.5. The molecule has 32 heavy (non-hydrogen) atoms. The highest BCUT2D eigenvalue weighted by Crippen LogP contribution is 2.23. The second-order valence-electron chi connectivity index (χ2n) is 9.25. The van der Waals surface area contributed by atoms with Crippen LogP contribution in [0.4, 0.5) is 11.4 Å². The number of benzene rings is 1. The van der Waals surface area contributed by atoms with Crippen molar-refractivity contribution in [3.63, 3.8) is 0 Å². The number of likely N-dealkylation sites (N-methyl/N-ethyl adjacent to an activating group) is 2. The lowest BCUT2D eigenvalue weighted by molar-refractivity contribution is -0.384. The van der Waals surface area contributed by atoms with Crippen molar-refractivity contribution in [3.8, 4) is 0 Å². The number of hydrogen-bond acceptors (Lipinski definition) is 7. The highest BCUT2D eigenvalue weighted by molar-refractivity contribution is 5.53. The molecule has 0 spiro atoms. The van der Waals surface area contributed by atoms with E-state index in [-0.39, 0.29) is 10.6 Å². The van der Waals surface area contributed by atoms with Gasteiger partial charge in [0.15, 0.2) is 0 Å². The third-order valence-corrected chi connectivity index (χ3v) is 7.28. The summed E-state index contributed by atoms with van der Waals surface area (Å²) in [5.74, 6) is 0. The molecule has 1 aromatic rings. The van der Waals surface area contributed by atoms with Crippen LogP contribution >= 0.6 is 0 Å². The molecule has 2 heterocycles. The Balaban J connectivity index is 0.000000182. The summed E-state index contributed by atoms with van der Waals surface area (Å²) in [6.45, 7) is 15.6. The molecule has 3 fully saturated rings. The summed E-state index contributed by atoms with van der Waals surface area (Å²) in [6.07, 6.45) is 5.18. The van der Waals surface area contributed by atoms with Crippen molar-refractivity contribution in [2.24, 2.45) is 5.73 Å². The third kappa shape index (κ3) is 7.13. The lowest BCUT2D eigenvalue weighted by Crippen LogP contribution is -2.52. The zero-order chi connectivity index (χ0) is 22.9. The van der Waals surface area contributed by atoms with Gasteiger partial charge in [0, 0.05) is 82.3 Å². The van der Waals surface area contributed by atoms with E-state index in [1.807, 2.05) is 6.07 Å². The van der Waals surface area contributed by atoms with Gasteiger partial charge in [-0.3, -0.25) is 15.0 Å². The molecule has 0 bridgehead atoms. The molecular formula is C24H42N6O2. The van der Waals surface area contributed by atoms with Crippen LogP contribution in [0.15, 0.2) is 24.3 Å². The maximum Gasteiger partial charge on any atom is 0.271 e. The van der Waals surface area contributed by atoms with Gasteiger partial charge in [-0.05, 0) is 38.4 Å². The van der Waals surface area contributed by atoms with Crippen molar-refractivity contribution in [1.82, 2.24) is 14.7 Å². The van der Waals surface area contributed by atoms with E-state index in [1.54, 1.807) is 12.1 Å².